The van der Waals surface area contributed by atoms with Crippen LogP contribution in [-0.4, -0.2) is 75.6 Å². The monoisotopic (exact) mass is 452 g/mol. The van der Waals surface area contributed by atoms with Crippen LogP contribution in [0, 0.1) is 5.92 Å². The van der Waals surface area contributed by atoms with Gasteiger partial charge in [0.15, 0.2) is 0 Å². The summed E-state index contributed by atoms with van der Waals surface area (Å²) >= 11 is 0. The molecule has 3 atom stereocenters. The van der Waals surface area contributed by atoms with Gasteiger partial charge >= 0.3 is 0 Å². The maximum Gasteiger partial charge on any atom is 0.259 e. The maximum absolute atomic E-state index is 13.3. The van der Waals surface area contributed by atoms with Gasteiger partial charge < -0.3 is 19.6 Å². The first kappa shape index (κ1) is 24.4. The number of aliphatic hydroxyl groups excluding tert-OH is 1. The van der Waals surface area contributed by atoms with Gasteiger partial charge in [0.1, 0.15) is 11.7 Å². The number of carbonyl (C=O) groups is 2. The second kappa shape index (κ2) is 11.0. The summed E-state index contributed by atoms with van der Waals surface area (Å²) in [5.74, 6) is -0.154. The molecule has 2 aromatic rings. The number of hydrogen-bond acceptors (Lipinski definition) is 6. The van der Waals surface area contributed by atoms with Crippen molar-refractivity contribution in [3.63, 3.8) is 0 Å². The van der Waals surface area contributed by atoms with Crippen LogP contribution in [0.4, 0.5) is 0 Å². The number of pyridine rings is 2. The number of hydrogen-bond donors (Lipinski definition) is 1. The van der Waals surface area contributed by atoms with Crippen LogP contribution in [0.3, 0.4) is 0 Å². The third-order valence-corrected chi connectivity index (χ3v) is 5.84. The summed E-state index contributed by atoms with van der Waals surface area (Å²) < 4.78 is 6.23. The minimum atomic E-state index is -0.386. The number of fused-ring (bicyclic) bond motifs is 1. The Kier molecular flexibility index (Phi) is 8.16. The minimum absolute atomic E-state index is 0.0696. The molecular formula is C25H32N4O4. The van der Waals surface area contributed by atoms with E-state index >= 15 is 0 Å². The third-order valence-electron chi connectivity index (χ3n) is 5.84. The lowest BCUT2D eigenvalue weighted by Crippen LogP contribution is -2.50. The van der Waals surface area contributed by atoms with E-state index in [2.05, 4.69) is 9.97 Å². The number of aromatic nitrogens is 2. The zero-order valence-corrected chi connectivity index (χ0v) is 19.6. The average Bonchev–Trinajstić information content (AvgIpc) is 2.82. The van der Waals surface area contributed by atoms with E-state index in [-0.39, 0.29) is 48.8 Å². The molecule has 1 aliphatic rings. The quantitative estimate of drug-likeness (QED) is 0.693. The first-order chi connectivity index (χ1) is 15.8. The average molecular weight is 453 g/mol. The first-order valence-electron chi connectivity index (χ1n) is 11.2. The van der Waals surface area contributed by atoms with Gasteiger partial charge in [-0.05, 0) is 37.6 Å². The van der Waals surface area contributed by atoms with E-state index in [1.54, 1.807) is 35.3 Å². The summed E-state index contributed by atoms with van der Waals surface area (Å²) in [6, 6.07) is 6.89. The summed E-state index contributed by atoms with van der Waals surface area (Å²) in [7, 11) is 1.74. The normalized spacial score (nSPS) is 19.4. The Morgan fingerprint density at radius 2 is 2.18 bits per heavy atom. The number of nitrogens with zero attached hydrogens (tertiary/aromatic N) is 4. The Bertz CT molecular complexity index is 995. The van der Waals surface area contributed by atoms with Crippen molar-refractivity contribution in [1.29, 1.82) is 0 Å². The molecule has 0 unspecified atom stereocenters. The van der Waals surface area contributed by atoms with E-state index in [9.17, 15) is 14.7 Å². The van der Waals surface area contributed by atoms with Crippen LogP contribution in [0.25, 0.3) is 6.08 Å². The molecule has 0 bridgehead atoms. The van der Waals surface area contributed by atoms with Crippen LogP contribution < -0.4 is 4.74 Å². The highest BCUT2D eigenvalue weighted by Gasteiger charge is 2.34. The highest BCUT2D eigenvalue weighted by atomic mass is 16.5. The van der Waals surface area contributed by atoms with Crippen molar-refractivity contribution in [2.45, 2.75) is 39.3 Å². The Hall–Kier alpha value is -3.26. The van der Waals surface area contributed by atoms with Crippen molar-refractivity contribution in [2.24, 2.45) is 5.92 Å². The molecule has 0 spiro atoms. The number of carbonyl (C=O) groups excluding carboxylic acids is 2. The first-order valence-corrected chi connectivity index (χ1v) is 11.2. The predicted molar refractivity (Wildman–Crippen MR) is 126 cm³/mol. The van der Waals surface area contributed by atoms with Crippen molar-refractivity contribution in [1.82, 2.24) is 19.8 Å². The number of ether oxygens (including phenoxy) is 1. The topological polar surface area (TPSA) is 95.9 Å². The van der Waals surface area contributed by atoms with E-state index < -0.39 is 0 Å². The molecular weight excluding hydrogens is 420 g/mol. The van der Waals surface area contributed by atoms with Crippen LogP contribution in [-0.2, 0) is 11.2 Å². The van der Waals surface area contributed by atoms with Crippen LogP contribution >= 0.6 is 0 Å². The Morgan fingerprint density at radius 1 is 1.39 bits per heavy atom. The molecule has 3 rings (SSSR count). The summed E-state index contributed by atoms with van der Waals surface area (Å²) in [6.07, 6.45) is 6.88. The van der Waals surface area contributed by atoms with Crippen molar-refractivity contribution in [3.8, 4) is 5.88 Å². The number of amides is 2. The van der Waals surface area contributed by atoms with Crippen LogP contribution in [0.1, 0.15) is 42.4 Å². The van der Waals surface area contributed by atoms with Gasteiger partial charge in [-0.1, -0.05) is 25.1 Å². The number of rotatable bonds is 7. The Morgan fingerprint density at radius 3 is 2.85 bits per heavy atom. The maximum atomic E-state index is 13.3. The fraction of sp³-hybridized carbons (Fsp3) is 0.440. The molecule has 3 heterocycles. The number of likely N-dealkylation sites (N-methyl/N-ethyl adjacent to an activating group) is 1. The second-order valence-electron chi connectivity index (χ2n) is 8.52. The molecule has 0 aromatic carbocycles. The van der Waals surface area contributed by atoms with E-state index in [0.717, 1.165) is 5.56 Å². The van der Waals surface area contributed by atoms with Gasteiger partial charge in [0.25, 0.3) is 5.91 Å². The molecule has 176 valence electrons. The molecule has 2 aromatic heterocycles. The van der Waals surface area contributed by atoms with Gasteiger partial charge in [-0.3, -0.25) is 14.6 Å². The standard InChI is InChI=1S/C25H32N4O4/c1-5-8-19-11-21-24(27-13-19)33-22(17(2)14-29(25(21)32)18(3)16-30)15-28(4)23(31)12-20-9-6-7-10-26-20/h5-11,13,17-18,22,30H,12,14-16H2,1-4H3/t17-,18+,22-/m0/s1. The van der Waals surface area contributed by atoms with Gasteiger partial charge in [-0.25, -0.2) is 4.98 Å². The highest BCUT2D eigenvalue weighted by Crippen LogP contribution is 2.27. The largest absolute Gasteiger partial charge is 0.472 e. The fourth-order valence-electron chi connectivity index (χ4n) is 3.78. The molecule has 8 nitrogen and oxygen atoms in total. The molecule has 0 radical (unpaired) electrons. The van der Waals surface area contributed by atoms with Gasteiger partial charge in [0.2, 0.25) is 11.8 Å². The summed E-state index contributed by atoms with van der Waals surface area (Å²) in [4.78, 5) is 38.1. The van der Waals surface area contributed by atoms with Crippen LogP contribution in [0.5, 0.6) is 5.88 Å². The van der Waals surface area contributed by atoms with Gasteiger partial charge in [0.05, 0.1) is 25.6 Å². The summed E-state index contributed by atoms with van der Waals surface area (Å²) in [6.45, 7) is 6.26. The SMILES string of the molecule is CC=Cc1cnc2c(c1)C(=O)N([C@H](C)CO)C[C@H](C)[C@H](CN(C)C(=O)Cc1ccccn1)O2. The van der Waals surface area contributed by atoms with Crippen molar-refractivity contribution < 1.29 is 19.4 Å². The van der Waals surface area contributed by atoms with E-state index in [1.165, 1.54) is 0 Å². The molecule has 0 saturated carbocycles. The Balaban J connectivity index is 1.87. The molecule has 0 fully saturated rings. The van der Waals surface area contributed by atoms with Gasteiger partial charge in [-0.2, -0.15) is 0 Å². The molecule has 1 N–H and O–H groups in total. The Labute approximate surface area is 194 Å². The van der Waals surface area contributed by atoms with Gasteiger partial charge in [0, 0.05) is 37.6 Å². The molecule has 0 saturated heterocycles. The smallest absolute Gasteiger partial charge is 0.259 e. The lowest BCUT2D eigenvalue weighted by Gasteiger charge is -2.37. The zero-order valence-electron chi connectivity index (χ0n) is 19.6. The van der Waals surface area contributed by atoms with Crippen molar-refractivity contribution in [3.05, 3.63) is 59.6 Å². The molecule has 8 heteroatoms. The second-order valence-corrected chi connectivity index (χ2v) is 8.52. The van der Waals surface area contributed by atoms with E-state index in [1.807, 2.05) is 51.1 Å². The number of aliphatic hydroxyl groups is 1. The van der Waals surface area contributed by atoms with E-state index in [4.69, 9.17) is 4.74 Å². The predicted octanol–water partition coefficient (Wildman–Crippen LogP) is 2.43. The molecule has 2 amide bonds. The minimum Gasteiger partial charge on any atom is -0.472 e. The molecule has 33 heavy (non-hydrogen) atoms. The van der Waals surface area contributed by atoms with Crippen LogP contribution in [0.2, 0.25) is 0 Å². The molecule has 1 aliphatic heterocycles. The number of allylic oxidation sites excluding steroid dienone is 1. The van der Waals surface area contributed by atoms with Crippen molar-refractivity contribution in [2.75, 3.05) is 26.7 Å². The van der Waals surface area contributed by atoms with Crippen LogP contribution in [0.15, 0.2) is 42.7 Å². The van der Waals surface area contributed by atoms with Gasteiger partial charge in [-0.15, -0.1) is 0 Å². The highest BCUT2D eigenvalue weighted by molar-refractivity contribution is 5.97. The summed E-state index contributed by atoms with van der Waals surface area (Å²) in [5, 5.41) is 9.75. The molecule has 0 aliphatic carbocycles. The van der Waals surface area contributed by atoms with Crippen molar-refractivity contribution >= 4 is 17.9 Å². The lowest BCUT2D eigenvalue weighted by atomic mass is 9.99. The third kappa shape index (κ3) is 5.96. The lowest BCUT2D eigenvalue weighted by molar-refractivity contribution is -0.130. The zero-order chi connectivity index (χ0) is 24.0. The fourth-order valence-corrected chi connectivity index (χ4v) is 3.78. The van der Waals surface area contributed by atoms with E-state index in [0.29, 0.717) is 24.3 Å². The summed E-state index contributed by atoms with van der Waals surface area (Å²) in [5.41, 5.74) is 1.85.